The van der Waals surface area contributed by atoms with Crippen LogP contribution in [-0.2, 0) is 11.2 Å². The summed E-state index contributed by atoms with van der Waals surface area (Å²) in [4.78, 5) is 0. The third-order valence-electron chi connectivity index (χ3n) is 3.73. The second-order valence-corrected chi connectivity index (χ2v) is 6.54. The predicted octanol–water partition coefficient (Wildman–Crippen LogP) is 3.97. The summed E-state index contributed by atoms with van der Waals surface area (Å²) in [6.07, 6.45) is 1.23. The molecule has 1 aromatic rings. The predicted molar refractivity (Wildman–Crippen MR) is 87.2 cm³/mol. The van der Waals surface area contributed by atoms with Crippen LogP contribution in [0, 0.1) is 12.3 Å². The number of nitrogens with one attached hydrogen (secondary N) is 1. The van der Waals surface area contributed by atoms with Crippen LogP contribution in [0.15, 0.2) is 24.3 Å². The minimum atomic E-state index is 0.130. The Morgan fingerprint density at radius 1 is 1.15 bits per heavy atom. The van der Waals surface area contributed by atoms with Gasteiger partial charge < -0.3 is 10.1 Å². The van der Waals surface area contributed by atoms with Gasteiger partial charge in [-0.2, -0.15) is 0 Å². The van der Waals surface area contributed by atoms with E-state index in [0.29, 0.717) is 6.04 Å². The molecule has 0 aliphatic rings. The SMILES string of the molecule is CCNC(Cc1ccccc1C)C(OCC)C(C)(C)C. The lowest BCUT2D eigenvalue weighted by Gasteiger charge is -2.37. The van der Waals surface area contributed by atoms with Gasteiger partial charge in [-0.25, -0.2) is 0 Å². The second kappa shape index (κ2) is 7.80. The number of benzene rings is 1. The van der Waals surface area contributed by atoms with Gasteiger partial charge in [-0.15, -0.1) is 0 Å². The molecule has 2 heteroatoms. The van der Waals surface area contributed by atoms with Crippen molar-refractivity contribution < 1.29 is 4.74 Å². The quantitative estimate of drug-likeness (QED) is 0.814. The Bertz CT molecular complexity index is 395. The van der Waals surface area contributed by atoms with Gasteiger partial charge in [-0.3, -0.25) is 0 Å². The first-order chi connectivity index (χ1) is 9.40. The molecule has 0 saturated heterocycles. The van der Waals surface area contributed by atoms with E-state index in [1.807, 2.05) is 0 Å². The highest BCUT2D eigenvalue weighted by molar-refractivity contribution is 5.26. The zero-order valence-corrected chi connectivity index (χ0v) is 14.0. The van der Waals surface area contributed by atoms with Crippen molar-refractivity contribution in [1.29, 1.82) is 0 Å². The van der Waals surface area contributed by atoms with E-state index < -0.39 is 0 Å². The number of likely N-dealkylation sites (N-methyl/N-ethyl adjacent to an activating group) is 1. The van der Waals surface area contributed by atoms with E-state index in [1.165, 1.54) is 11.1 Å². The first-order valence-corrected chi connectivity index (χ1v) is 7.79. The molecule has 0 heterocycles. The Morgan fingerprint density at radius 3 is 2.30 bits per heavy atom. The van der Waals surface area contributed by atoms with Crippen molar-refractivity contribution in [2.45, 2.75) is 60.1 Å². The minimum absolute atomic E-state index is 0.130. The lowest BCUT2D eigenvalue weighted by atomic mass is 9.82. The van der Waals surface area contributed by atoms with Crippen molar-refractivity contribution in [3.8, 4) is 0 Å². The molecule has 0 aliphatic carbocycles. The highest BCUT2D eigenvalue weighted by atomic mass is 16.5. The zero-order valence-electron chi connectivity index (χ0n) is 14.0. The molecular weight excluding hydrogens is 246 g/mol. The number of hydrogen-bond acceptors (Lipinski definition) is 2. The first kappa shape index (κ1) is 17.2. The molecule has 1 N–H and O–H groups in total. The second-order valence-electron chi connectivity index (χ2n) is 6.54. The van der Waals surface area contributed by atoms with Crippen molar-refractivity contribution >= 4 is 0 Å². The molecule has 1 aromatic carbocycles. The Hall–Kier alpha value is -0.860. The fourth-order valence-corrected chi connectivity index (χ4v) is 2.77. The summed E-state index contributed by atoms with van der Waals surface area (Å²) < 4.78 is 6.07. The topological polar surface area (TPSA) is 21.3 Å². The van der Waals surface area contributed by atoms with Crippen LogP contribution in [0.4, 0.5) is 0 Å². The number of rotatable bonds is 7. The maximum absolute atomic E-state index is 6.07. The summed E-state index contributed by atoms with van der Waals surface area (Å²) in [6, 6.07) is 8.99. The first-order valence-electron chi connectivity index (χ1n) is 7.79. The largest absolute Gasteiger partial charge is 0.376 e. The summed E-state index contributed by atoms with van der Waals surface area (Å²) in [5, 5.41) is 3.62. The average molecular weight is 277 g/mol. The highest BCUT2D eigenvalue weighted by Crippen LogP contribution is 2.27. The highest BCUT2D eigenvalue weighted by Gasteiger charge is 2.32. The van der Waals surface area contributed by atoms with E-state index in [2.05, 4.69) is 71.1 Å². The van der Waals surface area contributed by atoms with Gasteiger partial charge in [0.1, 0.15) is 0 Å². The molecule has 114 valence electrons. The fraction of sp³-hybridized carbons (Fsp3) is 0.667. The van der Waals surface area contributed by atoms with Crippen LogP contribution < -0.4 is 5.32 Å². The maximum atomic E-state index is 6.07. The molecule has 20 heavy (non-hydrogen) atoms. The van der Waals surface area contributed by atoms with E-state index in [-0.39, 0.29) is 11.5 Å². The van der Waals surface area contributed by atoms with Crippen LogP contribution in [0.25, 0.3) is 0 Å². The fourth-order valence-electron chi connectivity index (χ4n) is 2.77. The number of ether oxygens (including phenoxy) is 1. The molecule has 0 fully saturated rings. The van der Waals surface area contributed by atoms with Gasteiger partial charge in [0.2, 0.25) is 0 Å². The summed E-state index contributed by atoms with van der Waals surface area (Å²) in [5.41, 5.74) is 2.90. The Labute approximate surface area is 124 Å². The van der Waals surface area contributed by atoms with Gasteiger partial charge in [0.15, 0.2) is 0 Å². The van der Waals surface area contributed by atoms with Gasteiger partial charge in [0, 0.05) is 12.6 Å². The molecule has 0 radical (unpaired) electrons. The number of aryl methyl sites for hydroxylation is 1. The van der Waals surface area contributed by atoms with E-state index >= 15 is 0 Å². The average Bonchev–Trinajstić information content (AvgIpc) is 2.37. The molecule has 0 spiro atoms. The van der Waals surface area contributed by atoms with E-state index in [0.717, 1.165) is 19.6 Å². The van der Waals surface area contributed by atoms with Crippen LogP contribution in [0.2, 0.25) is 0 Å². The normalized spacial score (nSPS) is 15.1. The Morgan fingerprint density at radius 2 is 1.80 bits per heavy atom. The van der Waals surface area contributed by atoms with Crippen molar-refractivity contribution in [2.24, 2.45) is 5.41 Å². The van der Waals surface area contributed by atoms with Crippen LogP contribution in [0.1, 0.15) is 45.7 Å². The molecule has 0 bridgehead atoms. The van der Waals surface area contributed by atoms with Crippen LogP contribution in [-0.4, -0.2) is 25.3 Å². The molecule has 2 unspecified atom stereocenters. The summed E-state index contributed by atoms with van der Waals surface area (Å²) in [7, 11) is 0. The van der Waals surface area contributed by atoms with Crippen LogP contribution in [0.3, 0.4) is 0 Å². The van der Waals surface area contributed by atoms with E-state index in [4.69, 9.17) is 4.74 Å². The van der Waals surface area contributed by atoms with Gasteiger partial charge in [-0.1, -0.05) is 52.0 Å². The van der Waals surface area contributed by atoms with Gasteiger partial charge in [0.25, 0.3) is 0 Å². The molecule has 1 rings (SSSR count). The Kier molecular flexibility index (Phi) is 6.70. The van der Waals surface area contributed by atoms with E-state index in [1.54, 1.807) is 0 Å². The maximum Gasteiger partial charge on any atom is 0.0779 e. The van der Waals surface area contributed by atoms with Crippen LogP contribution >= 0.6 is 0 Å². The molecule has 2 atom stereocenters. The van der Waals surface area contributed by atoms with Crippen molar-refractivity contribution in [1.82, 2.24) is 5.32 Å². The standard InChI is InChI=1S/C18H31NO/c1-7-19-16(17(20-8-2)18(4,5)6)13-15-12-10-9-11-14(15)3/h9-12,16-17,19H,7-8,13H2,1-6H3. The smallest absolute Gasteiger partial charge is 0.0779 e. The lowest BCUT2D eigenvalue weighted by Crippen LogP contribution is -2.49. The van der Waals surface area contributed by atoms with Crippen molar-refractivity contribution in [3.05, 3.63) is 35.4 Å². The zero-order chi connectivity index (χ0) is 15.2. The number of hydrogen-bond donors (Lipinski definition) is 1. The molecule has 0 saturated carbocycles. The van der Waals surface area contributed by atoms with Crippen molar-refractivity contribution in [2.75, 3.05) is 13.2 Å². The lowest BCUT2D eigenvalue weighted by molar-refractivity contribution is -0.0352. The minimum Gasteiger partial charge on any atom is -0.376 e. The molecular formula is C18H31NO. The molecule has 2 nitrogen and oxygen atoms in total. The molecule has 0 aliphatic heterocycles. The Balaban J connectivity index is 2.94. The van der Waals surface area contributed by atoms with Gasteiger partial charge in [0.05, 0.1) is 6.10 Å². The summed E-state index contributed by atoms with van der Waals surface area (Å²) >= 11 is 0. The van der Waals surface area contributed by atoms with Crippen molar-refractivity contribution in [3.63, 3.8) is 0 Å². The monoisotopic (exact) mass is 277 g/mol. The summed E-state index contributed by atoms with van der Waals surface area (Å²) in [6.45, 7) is 14.9. The van der Waals surface area contributed by atoms with E-state index in [9.17, 15) is 0 Å². The summed E-state index contributed by atoms with van der Waals surface area (Å²) in [5.74, 6) is 0. The third-order valence-corrected chi connectivity index (χ3v) is 3.73. The third kappa shape index (κ3) is 4.92. The van der Waals surface area contributed by atoms with Crippen LogP contribution in [0.5, 0.6) is 0 Å². The molecule has 0 aromatic heterocycles. The van der Waals surface area contributed by atoms with Gasteiger partial charge in [-0.05, 0) is 43.4 Å². The van der Waals surface area contributed by atoms with Gasteiger partial charge >= 0.3 is 0 Å². The molecule has 0 amide bonds.